The van der Waals surface area contributed by atoms with Crippen LogP contribution >= 0.6 is 0 Å². The fourth-order valence-corrected chi connectivity index (χ4v) is 3.98. The number of hydrogen-bond acceptors (Lipinski definition) is 7. The van der Waals surface area contributed by atoms with Gasteiger partial charge in [-0.15, -0.1) is 0 Å². The number of benzene rings is 2. The van der Waals surface area contributed by atoms with Gasteiger partial charge in [-0.25, -0.2) is 14.6 Å². The van der Waals surface area contributed by atoms with Gasteiger partial charge in [-0.2, -0.15) is 0 Å². The van der Waals surface area contributed by atoms with Gasteiger partial charge in [-0.05, 0) is 76.9 Å². The molecule has 190 valence electrons. The molecule has 36 heavy (non-hydrogen) atoms. The van der Waals surface area contributed by atoms with E-state index in [2.05, 4.69) is 0 Å². The Labute approximate surface area is 211 Å². The standard InChI is InChI=1S/C28H32N2O6/c1-5-33-26(31)24-23(19-11-13-22(14-12-19)34-21-9-7-6-8-10-21)29-25(35-24)20-15-17-30(18-16-20)27(32)36-28(2,3)4/h6-14,20H,5,15-18H2,1-4H3. The molecule has 1 aliphatic heterocycles. The van der Waals surface area contributed by atoms with Crippen molar-refractivity contribution in [1.82, 2.24) is 9.88 Å². The van der Waals surface area contributed by atoms with Crippen LogP contribution in [-0.4, -0.2) is 47.2 Å². The van der Waals surface area contributed by atoms with Crippen LogP contribution in [0.4, 0.5) is 4.79 Å². The highest BCUT2D eigenvalue weighted by atomic mass is 16.6. The molecule has 1 aromatic heterocycles. The fourth-order valence-electron chi connectivity index (χ4n) is 3.98. The smallest absolute Gasteiger partial charge is 0.410 e. The summed E-state index contributed by atoms with van der Waals surface area (Å²) in [6.07, 6.45) is 0.996. The number of carbonyl (C=O) groups excluding carboxylic acids is 2. The van der Waals surface area contributed by atoms with E-state index >= 15 is 0 Å². The van der Waals surface area contributed by atoms with Crippen LogP contribution < -0.4 is 4.74 Å². The molecule has 2 heterocycles. The number of likely N-dealkylation sites (tertiary alicyclic amines) is 1. The van der Waals surface area contributed by atoms with Crippen molar-refractivity contribution in [2.45, 2.75) is 52.1 Å². The molecule has 0 bridgehead atoms. The number of rotatable bonds is 6. The average Bonchev–Trinajstić information content (AvgIpc) is 3.30. The number of amides is 1. The minimum atomic E-state index is -0.554. The number of aromatic nitrogens is 1. The molecule has 0 saturated carbocycles. The predicted octanol–water partition coefficient (Wildman–Crippen LogP) is 6.43. The van der Waals surface area contributed by atoms with Crippen LogP contribution in [0.3, 0.4) is 0 Å². The van der Waals surface area contributed by atoms with Crippen LogP contribution in [0.15, 0.2) is 59.0 Å². The summed E-state index contributed by atoms with van der Waals surface area (Å²) in [6.45, 7) is 8.58. The lowest BCUT2D eigenvalue weighted by Gasteiger charge is -2.32. The van der Waals surface area contributed by atoms with Crippen molar-refractivity contribution in [1.29, 1.82) is 0 Å². The summed E-state index contributed by atoms with van der Waals surface area (Å²) >= 11 is 0. The summed E-state index contributed by atoms with van der Waals surface area (Å²) in [5, 5.41) is 0. The van der Waals surface area contributed by atoms with Crippen LogP contribution in [0.5, 0.6) is 11.5 Å². The van der Waals surface area contributed by atoms with Gasteiger partial charge in [0.1, 0.15) is 22.8 Å². The van der Waals surface area contributed by atoms with E-state index in [9.17, 15) is 9.59 Å². The molecule has 4 rings (SSSR count). The van der Waals surface area contributed by atoms with Gasteiger partial charge in [0, 0.05) is 24.6 Å². The Morgan fingerprint density at radius 1 is 1.00 bits per heavy atom. The average molecular weight is 493 g/mol. The van der Waals surface area contributed by atoms with Gasteiger partial charge < -0.3 is 23.5 Å². The summed E-state index contributed by atoms with van der Waals surface area (Å²) in [5.74, 6) is 1.38. The predicted molar refractivity (Wildman–Crippen MR) is 134 cm³/mol. The molecule has 1 aliphatic rings. The summed E-state index contributed by atoms with van der Waals surface area (Å²) in [6, 6.07) is 16.8. The number of hydrogen-bond donors (Lipinski definition) is 0. The molecule has 0 spiro atoms. The Morgan fingerprint density at radius 2 is 1.64 bits per heavy atom. The van der Waals surface area contributed by atoms with Crippen molar-refractivity contribution < 1.29 is 28.2 Å². The molecule has 8 heteroatoms. The van der Waals surface area contributed by atoms with E-state index in [0.717, 1.165) is 11.3 Å². The first kappa shape index (κ1) is 25.3. The molecular weight excluding hydrogens is 460 g/mol. The van der Waals surface area contributed by atoms with Gasteiger partial charge in [-0.1, -0.05) is 18.2 Å². The van der Waals surface area contributed by atoms with Crippen LogP contribution in [0, 0.1) is 0 Å². The first-order valence-electron chi connectivity index (χ1n) is 12.2. The number of carbonyl (C=O) groups is 2. The number of oxazole rings is 1. The van der Waals surface area contributed by atoms with E-state index in [1.54, 1.807) is 11.8 Å². The largest absolute Gasteiger partial charge is 0.460 e. The summed E-state index contributed by atoms with van der Waals surface area (Å²) in [7, 11) is 0. The van der Waals surface area contributed by atoms with E-state index < -0.39 is 11.6 Å². The molecule has 8 nitrogen and oxygen atoms in total. The maximum Gasteiger partial charge on any atom is 0.410 e. The Morgan fingerprint density at radius 3 is 2.25 bits per heavy atom. The summed E-state index contributed by atoms with van der Waals surface area (Å²) < 4.78 is 22.5. The molecule has 3 aromatic rings. The van der Waals surface area contributed by atoms with Gasteiger partial charge in [0.2, 0.25) is 5.76 Å². The SMILES string of the molecule is CCOC(=O)c1oc(C2CCN(C(=O)OC(C)(C)C)CC2)nc1-c1ccc(Oc2ccccc2)cc1. The van der Waals surface area contributed by atoms with Gasteiger partial charge in [0.25, 0.3) is 0 Å². The summed E-state index contributed by atoms with van der Waals surface area (Å²) in [4.78, 5) is 31.5. The van der Waals surface area contributed by atoms with Crippen molar-refractivity contribution >= 4 is 12.1 Å². The molecule has 0 aliphatic carbocycles. The Balaban J connectivity index is 1.51. The first-order valence-corrected chi connectivity index (χ1v) is 12.2. The summed E-state index contributed by atoms with van der Waals surface area (Å²) in [5.41, 5.74) is 0.616. The van der Waals surface area contributed by atoms with Gasteiger partial charge in [0.05, 0.1) is 6.61 Å². The minimum Gasteiger partial charge on any atom is -0.460 e. The molecule has 0 atom stereocenters. The highest BCUT2D eigenvalue weighted by molar-refractivity contribution is 5.93. The molecule has 1 amide bonds. The molecular formula is C28H32N2O6. The zero-order valence-corrected chi connectivity index (χ0v) is 21.2. The van der Waals surface area contributed by atoms with Crippen LogP contribution in [0.2, 0.25) is 0 Å². The maximum absolute atomic E-state index is 12.7. The first-order chi connectivity index (χ1) is 17.2. The maximum atomic E-state index is 12.7. The molecule has 1 saturated heterocycles. The van der Waals surface area contributed by atoms with Crippen molar-refractivity contribution in [3.63, 3.8) is 0 Å². The van der Waals surface area contributed by atoms with Gasteiger partial charge in [-0.3, -0.25) is 0 Å². The van der Waals surface area contributed by atoms with Gasteiger partial charge in [0.15, 0.2) is 5.89 Å². The molecule has 0 radical (unpaired) electrons. The Bertz CT molecular complexity index is 1170. The molecule has 0 unspecified atom stereocenters. The third-order valence-electron chi connectivity index (χ3n) is 5.71. The molecule has 0 N–H and O–H groups in total. The number of ether oxygens (including phenoxy) is 3. The number of nitrogens with zero attached hydrogens (tertiary/aromatic N) is 2. The number of esters is 1. The minimum absolute atomic E-state index is 0.0219. The second kappa shape index (κ2) is 10.8. The normalized spacial score (nSPS) is 14.4. The highest BCUT2D eigenvalue weighted by Gasteiger charge is 2.32. The van der Waals surface area contributed by atoms with Crippen LogP contribution in [0.25, 0.3) is 11.3 Å². The quantitative estimate of drug-likeness (QED) is 0.366. The Hall–Kier alpha value is -3.81. The molecule has 1 fully saturated rings. The number of para-hydroxylation sites is 1. The monoisotopic (exact) mass is 492 g/mol. The lowest BCUT2D eigenvalue weighted by molar-refractivity contribution is 0.0199. The Kier molecular flexibility index (Phi) is 7.62. The van der Waals surface area contributed by atoms with Crippen molar-refractivity contribution in [2.75, 3.05) is 19.7 Å². The van der Waals surface area contributed by atoms with Crippen LogP contribution in [-0.2, 0) is 9.47 Å². The third kappa shape index (κ3) is 6.24. The van der Waals surface area contributed by atoms with E-state index in [1.807, 2.05) is 75.4 Å². The zero-order chi connectivity index (χ0) is 25.7. The van der Waals surface area contributed by atoms with E-state index in [-0.39, 0.29) is 24.4 Å². The third-order valence-corrected chi connectivity index (χ3v) is 5.71. The fraction of sp³-hybridized carbons (Fsp3) is 0.393. The zero-order valence-electron chi connectivity index (χ0n) is 21.2. The number of piperidine rings is 1. The topological polar surface area (TPSA) is 91.1 Å². The second-order valence-electron chi connectivity index (χ2n) is 9.63. The lowest BCUT2D eigenvalue weighted by atomic mass is 9.97. The van der Waals surface area contributed by atoms with Crippen molar-refractivity contribution in [3.05, 3.63) is 66.2 Å². The molecule has 2 aromatic carbocycles. The van der Waals surface area contributed by atoms with Crippen molar-refractivity contribution in [3.8, 4) is 22.8 Å². The highest BCUT2D eigenvalue weighted by Crippen LogP contribution is 2.34. The van der Waals surface area contributed by atoms with E-state index in [1.165, 1.54) is 0 Å². The van der Waals surface area contributed by atoms with E-state index in [4.69, 9.17) is 23.6 Å². The van der Waals surface area contributed by atoms with Gasteiger partial charge >= 0.3 is 12.1 Å². The second-order valence-corrected chi connectivity index (χ2v) is 9.63. The lowest BCUT2D eigenvalue weighted by Crippen LogP contribution is -2.41. The van der Waals surface area contributed by atoms with E-state index in [0.29, 0.717) is 43.3 Å². The van der Waals surface area contributed by atoms with Crippen LogP contribution in [0.1, 0.15) is 62.9 Å². The van der Waals surface area contributed by atoms with Crippen molar-refractivity contribution in [2.24, 2.45) is 0 Å².